The van der Waals surface area contributed by atoms with Gasteiger partial charge in [-0.1, -0.05) is 48.9 Å². The van der Waals surface area contributed by atoms with Gasteiger partial charge in [-0.2, -0.15) is 0 Å². The average molecular weight is 417 g/mol. The van der Waals surface area contributed by atoms with Crippen molar-refractivity contribution >= 4 is 23.2 Å². The van der Waals surface area contributed by atoms with Gasteiger partial charge in [-0.25, -0.2) is 0 Å². The normalized spacial score (nSPS) is 11.5. The van der Waals surface area contributed by atoms with Crippen LogP contribution in [0.4, 0.5) is 11.4 Å². The summed E-state index contributed by atoms with van der Waals surface area (Å²) in [6, 6.07) is 24.1. The Hall–Kier alpha value is -3.60. The molecule has 5 nitrogen and oxygen atoms in total. The molecule has 1 N–H and O–H groups in total. The fourth-order valence-corrected chi connectivity index (χ4v) is 3.26. The molecule has 0 saturated heterocycles. The van der Waals surface area contributed by atoms with E-state index < -0.39 is 6.10 Å². The molecule has 0 radical (unpaired) electrons. The largest absolute Gasteiger partial charge is 0.481 e. The number of hydrogen-bond donors (Lipinski definition) is 1. The van der Waals surface area contributed by atoms with Gasteiger partial charge in [-0.15, -0.1) is 0 Å². The number of aryl methyl sites for hydroxylation is 1. The molecule has 31 heavy (non-hydrogen) atoms. The molecule has 3 aromatic rings. The van der Waals surface area contributed by atoms with Gasteiger partial charge in [-0.3, -0.25) is 9.59 Å². The van der Waals surface area contributed by atoms with Crippen LogP contribution in [0.1, 0.15) is 36.2 Å². The zero-order chi connectivity index (χ0) is 22.2. The minimum absolute atomic E-state index is 0.118. The van der Waals surface area contributed by atoms with Gasteiger partial charge in [-0.05, 0) is 62.7 Å². The Morgan fingerprint density at radius 1 is 0.935 bits per heavy atom. The van der Waals surface area contributed by atoms with Crippen molar-refractivity contribution in [1.82, 2.24) is 0 Å². The van der Waals surface area contributed by atoms with Crippen molar-refractivity contribution in [2.45, 2.75) is 33.3 Å². The van der Waals surface area contributed by atoms with E-state index in [2.05, 4.69) is 5.32 Å². The van der Waals surface area contributed by atoms with E-state index in [1.54, 1.807) is 29.2 Å². The highest BCUT2D eigenvalue weighted by Gasteiger charge is 2.20. The Bertz CT molecular complexity index is 1020. The molecule has 1 unspecified atom stereocenters. The summed E-state index contributed by atoms with van der Waals surface area (Å²) < 4.78 is 5.86. The van der Waals surface area contributed by atoms with Gasteiger partial charge in [0.05, 0.1) is 0 Å². The van der Waals surface area contributed by atoms with Crippen LogP contribution in [-0.4, -0.2) is 24.5 Å². The third-order valence-electron chi connectivity index (χ3n) is 4.97. The maximum absolute atomic E-state index is 13.1. The highest BCUT2D eigenvalue weighted by atomic mass is 16.5. The lowest BCUT2D eigenvalue weighted by atomic mass is 10.1. The van der Waals surface area contributed by atoms with Crippen molar-refractivity contribution in [3.63, 3.8) is 0 Å². The lowest BCUT2D eigenvalue weighted by Gasteiger charge is -2.21. The Morgan fingerprint density at radius 2 is 1.65 bits per heavy atom. The fourth-order valence-electron chi connectivity index (χ4n) is 3.26. The topological polar surface area (TPSA) is 58.6 Å². The first-order valence-electron chi connectivity index (χ1n) is 10.5. The second-order valence-electron chi connectivity index (χ2n) is 7.28. The minimum Gasteiger partial charge on any atom is -0.481 e. The Labute approximate surface area is 183 Å². The number of para-hydroxylation sites is 1. The molecule has 2 amide bonds. The van der Waals surface area contributed by atoms with E-state index in [1.807, 2.05) is 75.4 Å². The summed E-state index contributed by atoms with van der Waals surface area (Å²) in [5.41, 5.74) is 3.03. The Balaban J connectivity index is 1.72. The van der Waals surface area contributed by atoms with Gasteiger partial charge in [0.25, 0.3) is 11.8 Å². The molecule has 5 heteroatoms. The summed E-state index contributed by atoms with van der Waals surface area (Å²) in [5, 5.41) is 2.88. The van der Waals surface area contributed by atoms with Crippen molar-refractivity contribution in [1.29, 1.82) is 0 Å². The lowest BCUT2D eigenvalue weighted by molar-refractivity contribution is -0.122. The molecule has 0 aliphatic rings. The number of nitrogens with zero attached hydrogens (tertiary/aromatic N) is 1. The highest BCUT2D eigenvalue weighted by Crippen LogP contribution is 2.20. The van der Waals surface area contributed by atoms with Crippen molar-refractivity contribution < 1.29 is 14.3 Å². The number of anilines is 2. The monoisotopic (exact) mass is 416 g/mol. The van der Waals surface area contributed by atoms with Crippen LogP contribution in [0, 0.1) is 6.92 Å². The lowest BCUT2D eigenvalue weighted by Crippen LogP contribution is -2.33. The Morgan fingerprint density at radius 3 is 2.29 bits per heavy atom. The number of carbonyl (C=O) groups excluding carboxylic acids is 2. The van der Waals surface area contributed by atoms with E-state index in [0.717, 1.165) is 11.3 Å². The maximum atomic E-state index is 13.1. The zero-order valence-electron chi connectivity index (χ0n) is 18.2. The van der Waals surface area contributed by atoms with Crippen LogP contribution in [-0.2, 0) is 4.79 Å². The molecule has 3 aromatic carbocycles. The van der Waals surface area contributed by atoms with Crippen molar-refractivity contribution in [2.24, 2.45) is 0 Å². The Kier molecular flexibility index (Phi) is 7.44. The van der Waals surface area contributed by atoms with E-state index in [-0.39, 0.29) is 11.8 Å². The summed E-state index contributed by atoms with van der Waals surface area (Å²) in [6.45, 7) is 6.38. The van der Waals surface area contributed by atoms with E-state index >= 15 is 0 Å². The first-order chi connectivity index (χ1) is 15.0. The molecular formula is C26H28N2O3. The summed E-state index contributed by atoms with van der Waals surface area (Å²) in [7, 11) is 0. The van der Waals surface area contributed by atoms with Crippen LogP contribution in [0.3, 0.4) is 0 Å². The quantitative estimate of drug-likeness (QED) is 0.531. The van der Waals surface area contributed by atoms with E-state index in [9.17, 15) is 9.59 Å². The van der Waals surface area contributed by atoms with Gasteiger partial charge >= 0.3 is 0 Å². The molecule has 0 saturated carbocycles. The van der Waals surface area contributed by atoms with Gasteiger partial charge in [0.2, 0.25) is 0 Å². The van der Waals surface area contributed by atoms with Gasteiger partial charge in [0.1, 0.15) is 5.75 Å². The molecule has 0 heterocycles. The molecule has 0 bridgehead atoms. The summed E-state index contributed by atoms with van der Waals surface area (Å²) in [6.07, 6.45) is -0.103. The van der Waals surface area contributed by atoms with Crippen LogP contribution in [0.5, 0.6) is 5.75 Å². The fraction of sp³-hybridized carbons (Fsp3) is 0.231. The van der Waals surface area contributed by atoms with E-state index in [4.69, 9.17) is 4.74 Å². The highest BCUT2D eigenvalue weighted by molar-refractivity contribution is 6.07. The molecule has 160 valence electrons. The second kappa shape index (κ2) is 10.4. The number of benzene rings is 3. The first kappa shape index (κ1) is 22.1. The second-order valence-corrected chi connectivity index (χ2v) is 7.28. The predicted molar refractivity (Wildman–Crippen MR) is 125 cm³/mol. The van der Waals surface area contributed by atoms with Crippen LogP contribution in [0.2, 0.25) is 0 Å². The van der Waals surface area contributed by atoms with Crippen molar-refractivity contribution in [3.05, 3.63) is 90.0 Å². The number of amides is 2. The maximum Gasteiger partial charge on any atom is 0.265 e. The first-order valence-corrected chi connectivity index (χ1v) is 10.5. The smallest absolute Gasteiger partial charge is 0.265 e. The standard InChI is InChI=1S/C26H28N2O3/c1-4-24(31-23-16-14-19(3)15-17-23)25(29)27-21-11-9-10-20(18-21)26(30)28(5-2)22-12-7-6-8-13-22/h6-18,24H,4-5H2,1-3H3,(H,27,29). The predicted octanol–water partition coefficient (Wildman–Crippen LogP) is 5.46. The number of nitrogens with one attached hydrogen (secondary N) is 1. The van der Waals surface area contributed by atoms with Crippen molar-refractivity contribution in [3.8, 4) is 5.75 Å². The number of carbonyl (C=O) groups is 2. The number of rotatable bonds is 8. The number of hydrogen-bond acceptors (Lipinski definition) is 3. The molecule has 3 rings (SSSR count). The SMILES string of the molecule is CCC(Oc1ccc(C)cc1)C(=O)Nc1cccc(C(=O)N(CC)c2ccccc2)c1. The third kappa shape index (κ3) is 5.72. The molecule has 0 aliphatic carbocycles. The van der Waals surface area contributed by atoms with E-state index in [1.165, 1.54) is 0 Å². The van der Waals surface area contributed by atoms with Crippen LogP contribution in [0.25, 0.3) is 0 Å². The summed E-state index contributed by atoms with van der Waals surface area (Å²) in [4.78, 5) is 27.5. The zero-order valence-corrected chi connectivity index (χ0v) is 18.2. The van der Waals surface area contributed by atoms with Gasteiger partial charge in [0.15, 0.2) is 6.10 Å². The number of ether oxygens (including phenoxy) is 1. The van der Waals surface area contributed by atoms with Gasteiger partial charge < -0.3 is 15.0 Å². The van der Waals surface area contributed by atoms with Crippen molar-refractivity contribution in [2.75, 3.05) is 16.8 Å². The van der Waals surface area contributed by atoms with E-state index in [0.29, 0.717) is 30.0 Å². The minimum atomic E-state index is -0.626. The molecular weight excluding hydrogens is 388 g/mol. The molecule has 0 aliphatic heterocycles. The van der Waals surface area contributed by atoms with Crippen LogP contribution >= 0.6 is 0 Å². The third-order valence-corrected chi connectivity index (χ3v) is 4.97. The van der Waals surface area contributed by atoms with Gasteiger partial charge in [0, 0.05) is 23.5 Å². The van der Waals surface area contributed by atoms with Crippen LogP contribution in [0.15, 0.2) is 78.9 Å². The molecule has 1 atom stereocenters. The summed E-state index contributed by atoms with van der Waals surface area (Å²) in [5.74, 6) is 0.286. The molecule has 0 fully saturated rings. The van der Waals surface area contributed by atoms with Crippen LogP contribution < -0.4 is 15.0 Å². The average Bonchev–Trinajstić information content (AvgIpc) is 2.80. The summed E-state index contributed by atoms with van der Waals surface area (Å²) >= 11 is 0. The molecule has 0 spiro atoms. The molecule has 0 aromatic heterocycles.